The highest BCUT2D eigenvalue weighted by atomic mass is 19.4. The maximum atomic E-state index is 14.4. The number of allylic oxidation sites excluding steroid dienone is 2. The second-order valence-corrected chi connectivity index (χ2v) is 6.43. The van der Waals surface area contributed by atoms with Crippen molar-refractivity contribution < 1.29 is 49.0 Å². The Bertz CT molecular complexity index is 1050. The Balaban J connectivity index is 3.14. The van der Waals surface area contributed by atoms with Crippen LogP contribution in [0.25, 0.3) is 11.3 Å². The molecule has 0 aliphatic heterocycles. The van der Waals surface area contributed by atoms with Crippen LogP contribution < -0.4 is 10.5 Å². The van der Waals surface area contributed by atoms with Crippen LogP contribution in [-0.4, -0.2) is 24.1 Å². The van der Waals surface area contributed by atoms with Crippen molar-refractivity contribution in [3.63, 3.8) is 0 Å². The first-order valence-electron chi connectivity index (χ1n) is 8.40. The number of ketones is 1. The first kappa shape index (κ1) is 25.0. The van der Waals surface area contributed by atoms with Crippen LogP contribution in [0.3, 0.4) is 0 Å². The van der Waals surface area contributed by atoms with Gasteiger partial charge in [-0.15, -0.1) is 0 Å². The van der Waals surface area contributed by atoms with E-state index in [0.717, 1.165) is 31.2 Å². The summed E-state index contributed by atoms with van der Waals surface area (Å²) in [7, 11) is 1.23. The summed E-state index contributed by atoms with van der Waals surface area (Å²) >= 11 is 0. The molecule has 4 nitrogen and oxygen atoms in total. The molecule has 2 N–H and O–H groups in total. The van der Waals surface area contributed by atoms with E-state index in [1.165, 1.54) is 7.11 Å². The summed E-state index contributed by atoms with van der Waals surface area (Å²) in [5.74, 6) is -10.5. The number of hydrogen-bond acceptors (Lipinski definition) is 4. The molecule has 1 aromatic carbocycles. The number of halogens is 9. The fraction of sp³-hybridized carbons (Fsp3) is 0.263. The van der Waals surface area contributed by atoms with E-state index in [0.29, 0.717) is 6.08 Å². The molecule has 0 spiro atoms. The van der Waals surface area contributed by atoms with E-state index in [1.807, 2.05) is 0 Å². The fourth-order valence-corrected chi connectivity index (χ4v) is 2.75. The van der Waals surface area contributed by atoms with Crippen molar-refractivity contribution in [3.05, 3.63) is 58.7 Å². The van der Waals surface area contributed by atoms with Gasteiger partial charge in [-0.2, -0.15) is 39.5 Å². The van der Waals surface area contributed by atoms with Gasteiger partial charge in [0.15, 0.2) is 5.78 Å². The number of nitrogens with zero attached hydrogens (tertiary/aromatic N) is 1. The second-order valence-electron chi connectivity index (χ2n) is 6.43. The van der Waals surface area contributed by atoms with Crippen molar-refractivity contribution in [1.29, 1.82) is 0 Å². The van der Waals surface area contributed by atoms with Gasteiger partial charge in [-0.1, -0.05) is 0 Å². The maximum Gasteiger partial charge on any atom is 0.458 e. The Morgan fingerprint density at radius 3 is 1.94 bits per heavy atom. The van der Waals surface area contributed by atoms with E-state index >= 15 is 0 Å². The lowest BCUT2D eigenvalue weighted by molar-refractivity contribution is -0.291. The lowest BCUT2D eigenvalue weighted by Crippen LogP contribution is -2.38. The highest BCUT2D eigenvalue weighted by Crippen LogP contribution is 2.51. The van der Waals surface area contributed by atoms with Crippen LogP contribution in [0.2, 0.25) is 0 Å². The number of methoxy groups -OCH3 is 1. The van der Waals surface area contributed by atoms with Crippen molar-refractivity contribution in [1.82, 2.24) is 4.98 Å². The molecule has 0 aliphatic rings. The van der Waals surface area contributed by atoms with Crippen LogP contribution in [0.15, 0.2) is 36.0 Å². The Morgan fingerprint density at radius 1 is 1.00 bits per heavy atom. The first-order chi connectivity index (χ1) is 14.5. The van der Waals surface area contributed by atoms with Crippen molar-refractivity contribution >= 4 is 5.78 Å². The molecule has 13 heteroatoms. The van der Waals surface area contributed by atoms with Gasteiger partial charge in [-0.3, -0.25) is 4.79 Å². The molecule has 174 valence electrons. The van der Waals surface area contributed by atoms with Crippen molar-refractivity contribution in [3.8, 4) is 17.0 Å². The Labute approximate surface area is 174 Å². The van der Waals surface area contributed by atoms with Crippen LogP contribution in [0, 0.1) is 5.95 Å². The number of hydrogen-bond donors (Lipinski definition) is 1. The number of nitrogens with two attached hydrogens (primary N) is 1. The Hall–Kier alpha value is -3.25. The van der Waals surface area contributed by atoms with Crippen molar-refractivity contribution in [2.24, 2.45) is 5.73 Å². The van der Waals surface area contributed by atoms with Gasteiger partial charge in [0.1, 0.15) is 11.3 Å². The van der Waals surface area contributed by atoms with E-state index < -0.39 is 63.7 Å². The first-order valence-corrected chi connectivity index (χ1v) is 8.40. The summed E-state index contributed by atoms with van der Waals surface area (Å²) in [5.41, 5.74) is -4.47. The van der Waals surface area contributed by atoms with Crippen LogP contribution >= 0.6 is 0 Å². The normalized spacial score (nSPS) is 13.3. The topological polar surface area (TPSA) is 65.2 Å². The van der Waals surface area contributed by atoms with Gasteiger partial charge in [0.2, 0.25) is 5.95 Å². The molecule has 0 unspecified atom stereocenters. The minimum Gasteiger partial charge on any atom is -0.497 e. The molecule has 1 heterocycles. The standard InChI is InChI=1S/C19H13F9N2O2/c1-8(29)7-11(31)12-13(17(21,22)19(26,27)28)14(18(23,24)25)16(20)30-15(12)9-3-5-10(32-2)6-4-9/h3-7H,29H2,1-2H3/b8-7-. The number of benzene rings is 1. The van der Waals surface area contributed by atoms with E-state index in [2.05, 4.69) is 4.98 Å². The van der Waals surface area contributed by atoms with Gasteiger partial charge < -0.3 is 10.5 Å². The number of rotatable bonds is 5. The number of pyridine rings is 1. The minimum atomic E-state index is -6.60. The van der Waals surface area contributed by atoms with Crippen LogP contribution in [-0.2, 0) is 12.1 Å². The Kier molecular flexibility index (Phi) is 6.53. The summed E-state index contributed by atoms with van der Waals surface area (Å²) in [4.78, 5) is 15.5. The van der Waals surface area contributed by atoms with Gasteiger partial charge in [-0.25, -0.2) is 4.98 Å². The molecule has 0 fully saturated rings. The summed E-state index contributed by atoms with van der Waals surface area (Å²) in [6, 6.07) is 4.26. The number of aromatic nitrogens is 1. The molecular formula is C19H13F9N2O2. The molecular weight excluding hydrogens is 459 g/mol. The van der Waals surface area contributed by atoms with Crippen molar-refractivity contribution in [2.45, 2.75) is 25.2 Å². The molecule has 0 saturated carbocycles. The summed E-state index contributed by atoms with van der Waals surface area (Å²) in [6.45, 7) is 1.04. The molecule has 2 aromatic rings. The molecule has 2 rings (SSSR count). The number of alkyl halides is 8. The van der Waals surface area contributed by atoms with Crippen LogP contribution in [0.5, 0.6) is 5.75 Å². The summed E-state index contributed by atoms with van der Waals surface area (Å²) in [6.07, 6.45) is -12.3. The third-order valence-electron chi connectivity index (χ3n) is 4.08. The monoisotopic (exact) mass is 472 g/mol. The SMILES string of the molecule is COc1ccc(-c2nc(F)c(C(F)(F)F)c(C(F)(F)C(F)(F)F)c2C(=O)/C=C(/C)N)cc1. The largest absolute Gasteiger partial charge is 0.497 e. The number of carbonyl (C=O) groups excluding carboxylic acids is 1. The third-order valence-corrected chi connectivity index (χ3v) is 4.08. The predicted molar refractivity (Wildman–Crippen MR) is 93.4 cm³/mol. The molecule has 1 aromatic heterocycles. The third kappa shape index (κ3) is 4.65. The zero-order valence-electron chi connectivity index (χ0n) is 16.1. The average molecular weight is 472 g/mol. The quantitative estimate of drug-likeness (QED) is 0.266. The molecule has 0 atom stereocenters. The summed E-state index contributed by atoms with van der Waals surface area (Å²) < 4.78 is 128. The lowest BCUT2D eigenvalue weighted by Gasteiger charge is -2.26. The highest BCUT2D eigenvalue weighted by molar-refractivity contribution is 6.10. The van der Waals surface area contributed by atoms with Gasteiger partial charge in [-0.05, 0) is 31.2 Å². The second kappa shape index (κ2) is 8.36. The minimum absolute atomic E-state index is 0.160. The van der Waals surface area contributed by atoms with E-state index in [4.69, 9.17) is 10.5 Å². The van der Waals surface area contributed by atoms with Gasteiger partial charge in [0.25, 0.3) is 0 Å². The number of ether oxygens (including phenoxy) is 1. The van der Waals surface area contributed by atoms with Crippen LogP contribution in [0.4, 0.5) is 39.5 Å². The van der Waals surface area contributed by atoms with Gasteiger partial charge >= 0.3 is 18.3 Å². The zero-order chi connectivity index (χ0) is 24.6. The maximum absolute atomic E-state index is 14.4. The molecule has 0 radical (unpaired) electrons. The van der Waals surface area contributed by atoms with Crippen LogP contribution in [0.1, 0.15) is 28.4 Å². The van der Waals surface area contributed by atoms with E-state index in [-0.39, 0.29) is 5.75 Å². The number of carbonyl (C=O) groups is 1. The predicted octanol–water partition coefficient (Wildman–Crippen LogP) is 5.61. The molecule has 0 amide bonds. The van der Waals surface area contributed by atoms with E-state index in [1.54, 1.807) is 0 Å². The van der Waals surface area contributed by atoms with Gasteiger partial charge in [0.05, 0.1) is 23.9 Å². The van der Waals surface area contributed by atoms with Gasteiger partial charge in [0, 0.05) is 17.3 Å². The average Bonchev–Trinajstić information content (AvgIpc) is 2.64. The zero-order valence-corrected chi connectivity index (χ0v) is 16.1. The van der Waals surface area contributed by atoms with Crippen molar-refractivity contribution in [2.75, 3.05) is 7.11 Å². The van der Waals surface area contributed by atoms with E-state index in [9.17, 15) is 44.3 Å². The Morgan fingerprint density at radius 2 is 1.53 bits per heavy atom. The molecule has 0 saturated heterocycles. The molecule has 0 bridgehead atoms. The lowest BCUT2D eigenvalue weighted by atomic mass is 9.89. The molecule has 32 heavy (non-hydrogen) atoms. The smallest absolute Gasteiger partial charge is 0.458 e. The highest BCUT2D eigenvalue weighted by Gasteiger charge is 2.63. The molecule has 0 aliphatic carbocycles. The fourth-order valence-electron chi connectivity index (χ4n) is 2.75. The summed E-state index contributed by atoms with van der Waals surface area (Å²) in [5, 5.41) is 0.